The molecule has 0 bridgehead atoms. The van der Waals surface area contributed by atoms with Gasteiger partial charge < -0.3 is 25.6 Å². The Morgan fingerprint density at radius 3 is 2.23 bits per heavy atom. The van der Waals surface area contributed by atoms with Crippen LogP contribution in [0.4, 0.5) is 18.0 Å². The molecule has 1 aromatic carbocycles. The standard InChI is InChI=1S/C28H35F3N6O3/c1-27(2,3)40-26(39)36-28(15-33-14-20(28)19-10-22(30)23(31)11-21(19)29)25-34-12-16(13-35-25)24(38)37(17-4-5-17)18-6-8-32-9-7-18/h10-13,17-18,20,32-33H,4-9,14-15H2,1-3H3,(H,36,39)/t20-,28+/m1/s1. The monoisotopic (exact) mass is 560 g/mol. The molecule has 0 radical (unpaired) electrons. The number of carbonyl (C=O) groups excluding carboxylic acids is 2. The van der Waals surface area contributed by atoms with Gasteiger partial charge in [-0.25, -0.2) is 27.9 Å². The molecule has 3 aliphatic rings. The highest BCUT2D eigenvalue weighted by Gasteiger charge is 2.51. The lowest BCUT2D eigenvalue weighted by Gasteiger charge is -2.36. The minimum Gasteiger partial charge on any atom is -0.444 e. The van der Waals surface area contributed by atoms with E-state index in [9.17, 15) is 22.8 Å². The van der Waals surface area contributed by atoms with Crippen LogP contribution in [0.2, 0.25) is 0 Å². The van der Waals surface area contributed by atoms with Crippen LogP contribution in [0.5, 0.6) is 0 Å². The van der Waals surface area contributed by atoms with Crippen molar-refractivity contribution in [3.63, 3.8) is 0 Å². The summed E-state index contributed by atoms with van der Waals surface area (Å²) in [4.78, 5) is 37.5. The number of amides is 2. The minimum absolute atomic E-state index is 0.0614. The summed E-state index contributed by atoms with van der Waals surface area (Å²) in [6.45, 7) is 6.98. The molecule has 40 heavy (non-hydrogen) atoms. The summed E-state index contributed by atoms with van der Waals surface area (Å²) >= 11 is 0. The first-order valence-corrected chi connectivity index (χ1v) is 13.7. The number of ether oxygens (including phenoxy) is 1. The smallest absolute Gasteiger partial charge is 0.408 e. The molecule has 12 heteroatoms. The summed E-state index contributed by atoms with van der Waals surface area (Å²) in [7, 11) is 0. The van der Waals surface area contributed by atoms with Crippen LogP contribution in [-0.4, -0.2) is 70.7 Å². The zero-order valence-electron chi connectivity index (χ0n) is 22.9. The van der Waals surface area contributed by atoms with E-state index in [1.165, 1.54) is 12.4 Å². The van der Waals surface area contributed by atoms with E-state index in [2.05, 4.69) is 25.9 Å². The molecular weight excluding hydrogens is 525 g/mol. The second-order valence-corrected chi connectivity index (χ2v) is 11.8. The Morgan fingerprint density at radius 2 is 1.60 bits per heavy atom. The van der Waals surface area contributed by atoms with Crippen LogP contribution in [-0.2, 0) is 10.3 Å². The number of aromatic nitrogens is 2. The summed E-state index contributed by atoms with van der Waals surface area (Å²) < 4.78 is 48.5. The van der Waals surface area contributed by atoms with Crippen molar-refractivity contribution < 1.29 is 27.5 Å². The summed E-state index contributed by atoms with van der Waals surface area (Å²) in [5, 5.41) is 9.21. The van der Waals surface area contributed by atoms with Gasteiger partial charge in [-0.3, -0.25) is 4.79 Å². The molecule has 0 unspecified atom stereocenters. The molecule has 2 amide bonds. The molecule has 216 valence electrons. The second-order valence-electron chi connectivity index (χ2n) is 11.8. The third-order valence-electron chi connectivity index (χ3n) is 7.66. The van der Waals surface area contributed by atoms with Gasteiger partial charge >= 0.3 is 6.09 Å². The van der Waals surface area contributed by atoms with Crippen LogP contribution in [0.15, 0.2) is 24.5 Å². The maximum absolute atomic E-state index is 15.0. The van der Waals surface area contributed by atoms with Crippen LogP contribution in [0.1, 0.15) is 74.1 Å². The number of rotatable bonds is 6. The zero-order chi connectivity index (χ0) is 28.7. The number of halogens is 3. The number of nitrogens with zero attached hydrogens (tertiary/aromatic N) is 3. The van der Waals surface area contributed by atoms with Gasteiger partial charge in [-0.1, -0.05) is 0 Å². The highest BCUT2D eigenvalue weighted by molar-refractivity contribution is 5.94. The highest BCUT2D eigenvalue weighted by atomic mass is 19.2. The molecule has 2 aromatic rings. The predicted octanol–water partition coefficient (Wildman–Crippen LogP) is 3.36. The molecule has 2 saturated heterocycles. The van der Waals surface area contributed by atoms with Crippen molar-refractivity contribution in [1.29, 1.82) is 0 Å². The topological polar surface area (TPSA) is 108 Å². The van der Waals surface area contributed by atoms with Crippen LogP contribution >= 0.6 is 0 Å². The fourth-order valence-corrected chi connectivity index (χ4v) is 5.68. The molecule has 5 rings (SSSR count). The number of benzene rings is 1. The van der Waals surface area contributed by atoms with E-state index in [0.717, 1.165) is 44.8 Å². The Morgan fingerprint density at radius 1 is 0.975 bits per heavy atom. The number of carbonyl (C=O) groups is 2. The Hall–Kier alpha value is -3.25. The third-order valence-corrected chi connectivity index (χ3v) is 7.66. The molecule has 2 atom stereocenters. The first-order chi connectivity index (χ1) is 19.0. The van der Waals surface area contributed by atoms with Gasteiger partial charge in [0.2, 0.25) is 0 Å². The minimum atomic E-state index is -1.47. The van der Waals surface area contributed by atoms with E-state index in [0.29, 0.717) is 11.6 Å². The van der Waals surface area contributed by atoms with E-state index in [-0.39, 0.29) is 42.5 Å². The number of nitrogens with one attached hydrogen (secondary N) is 3. The van der Waals surface area contributed by atoms with Gasteiger partial charge in [-0.2, -0.15) is 0 Å². The van der Waals surface area contributed by atoms with Gasteiger partial charge in [0.15, 0.2) is 17.5 Å². The highest BCUT2D eigenvalue weighted by Crippen LogP contribution is 2.40. The van der Waals surface area contributed by atoms with Crippen LogP contribution in [0, 0.1) is 17.5 Å². The van der Waals surface area contributed by atoms with Crippen LogP contribution < -0.4 is 16.0 Å². The zero-order valence-corrected chi connectivity index (χ0v) is 22.9. The van der Waals surface area contributed by atoms with E-state index < -0.39 is 40.6 Å². The Bertz CT molecular complexity index is 1260. The van der Waals surface area contributed by atoms with Crippen molar-refractivity contribution in [2.24, 2.45) is 0 Å². The van der Waals surface area contributed by atoms with Crippen molar-refractivity contribution >= 4 is 12.0 Å². The maximum atomic E-state index is 15.0. The molecule has 2 aliphatic heterocycles. The molecule has 0 spiro atoms. The summed E-state index contributed by atoms with van der Waals surface area (Å²) in [6, 6.07) is 1.62. The average molecular weight is 561 g/mol. The van der Waals surface area contributed by atoms with E-state index in [1.807, 2.05) is 4.90 Å². The molecule has 1 saturated carbocycles. The van der Waals surface area contributed by atoms with Crippen molar-refractivity contribution in [2.45, 2.75) is 75.6 Å². The quantitative estimate of drug-likeness (QED) is 0.465. The lowest BCUT2D eigenvalue weighted by molar-refractivity contribution is 0.0443. The average Bonchev–Trinajstić information content (AvgIpc) is 3.65. The molecule has 3 fully saturated rings. The molecule has 3 heterocycles. The van der Waals surface area contributed by atoms with Gasteiger partial charge in [0.1, 0.15) is 17.0 Å². The van der Waals surface area contributed by atoms with Crippen molar-refractivity contribution in [3.05, 3.63) is 58.9 Å². The molecule has 3 N–H and O–H groups in total. The molecule has 9 nitrogen and oxygen atoms in total. The van der Waals surface area contributed by atoms with E-state index in [4.69, 9.17) is 4.74 Å². The van der Waals surface area contributed by atoms with Crippen LogP contribution in [0.25, 0.3) is 0 Å². The second kappa shape index (κ2) is 11.0. The largest absolute Gasteiger partial charge is 0.444 e. The summed E-state index contributed by atoms with van der Waals surface area (Å²) in [6.07, 6.45) is 5.69. The molecule has 1 aliphatic carbocycles. The Balaban J connectivity index is 1.49. The Kier molecular flexibility index (Phi) is 7.75. The number of piperidine rings is 1. The van der Waals surface area contributed by atoms with Crippen molar-refractivity contribution in [2.75, 3.05) is 26.2 Å². The first-order valence-electron chi connectivity index (χ1n) is 13.7. The van der Waals surface area contributed by atoms with Gasteiger partial charge in [-0.15, -0.1) is 0 Å². The van der Waals surface area contributed by atoms with Gasteiger partial charge in [0.25, 0.3) is 5.91 Å². The molecule has 1 aromatic heterocycles. The van der Waals surface area contributed by atoms with Crippen molar-refractivity contribution in [1.82, 2.24) is 30.8 Å². The molecular formula is C28H35F3N6O3. The van der Waals surface area contributed by atoms with E-state index in [1.54, 1.807) is 20.8 Å². The van der Waals surface area contributed by atoms with Crippen LogP contribution in [0.3, 0.4) is 0 Å². The number of hydrogen-bond donors (Lipinski definition) is 3. The fourth-order valence-electron chi connectivity index (χ4n) is 5.68. The third kappa shape index (κ3) is 5.78. The lowest BCUT2D eigenvalue weighted by atomic mass is 9.80. The maximum Gasteiger partial charge on any atom is 0.408 e. The summed E-state index contributed by atoms with van der Waals surface area (Å²) in [5.41, 5.74) is -2.14. The normalized spacial score (nSPS) is 23.6. The number of alkyl carbamates (subject to hydrolysis) is 1. The fraction of sp³-hybridized carbons (Fsp3) is 0.571. The SMILES string of the molecule is CC(C)(C)OC(=O)N[C@@]1(c2ncc(C(=O)N(C3CCNCC3)C3CC3)cn2)CNC[C@@H]1c1cc(F)c(F)cc1F. The van der Waals surface area contributed by atoms with Gasteiger partial charge in [-0.05, 0) is 71.2 Å². The lowest BCUT2D eigenvalue weighted by Crippen LogP contribution is -2.53. The van der Waals surface area contributed by atoms with Crippen molar-refractivity contribution in [3.8, 4) is 0 Å². The number of hydrogen-bond acceptors (Lipinski definition) is 7. The Labute approximate surface area is 231 Å². The first kappa shape index (κ1) is 28.3. The van der Waals surface area contributed by atoms with Gasteiger partial charge in [0, 0.05) is 49.6 Å². The van der Waals surface area contributed by atoms with E-state index >= 15 is 0 Å². The van der Waals surface area contributed by atoms with Gasteiger partial charge in [0.05, 0.1) is 5.56 Å². The summed E-state index contributed by atoms with van der Waals surface area (Å²) in [5.74, 6) is -4.46. The predicted molar refractivity (Wildman–Crippen MR) is 140 cm³/mol.